The maximum atomic E-state index is 6.04. The summed E-state index contributed by atoms with van der Waals surface area (Å²) < 4.78 is 0. The molecule has 2 aromatic rings. The predicted molar refractivity (Wildman–Crippen MR) is 108 cm³/mol. The normalized spacial score (nSPS) is 11.3. The monoisotopic (exact) mass is 359 g/mol. The first kappa shape index (κ1) is 18.3. The molecule has 126 valence electrons. The molecule has 0 aromatic heterocycles. The van der Waals surface area contributed by atoms with Gasteiger partial charge < -0.3 is 5.32 Å². The van der Waals surface area contributed by atoms with E-state index < -0.39 is 0 Å². The lowest BCUT2D eigenvalue weighted by Gasteiger charge is -2.15. The first-order valence-corrected chi connectivity index (χ1v) is 8.63. The minimum Gasteiger partial charge on any atom is -0.331 e. The molecule has 0 aliphatic rings. The van der Waals surface area contributed by atoms with Crippen molar-refractivity contribution < 1.29 is 0 Å². The van der Waals surface area contributed by atoms with E-state index >= 15 is 0 Å². The number of rotatable bonds is 5. The Balaban J connectivity index is 1.92. The fourth-order valence-electron chi connectivity index (χ4n) is 2.20. The molecule has 0 aliphatic heterocycles. The molecule has 0 spiro atoms. The van der Waals surface area contributed by atoms with Crippen LogP contribution in [-0.4, -0.2) is 5.11 Å². The lowest BCUT2D eigenvalue weighted by molar-refractivity contribution is 0.847. The van der Waals surface area contributed by atoms with Crippen LogP contribution in [0.4, 0.5) is 5.69 Å². The lowest BCUT2D eigenvalue weighted by atomic mass is 10.0. The van der Waals surface area contributed by atoms with E-state index in [0.717, 1.165) is 16.9 Å². The third-order valence-electron chi connectivity index (χ3n) is 3.57. The Kier molecular flexibility index (Phi) is 6.64. The van der Waals surface area contributed by atoms with Crippen molar-refractivity contribution in [2.75, 3.05) is 5.32 Å². The topological polar surface area (TPSA) is 36.1 Å². The lowest BCUT2D eigenvalue weighted by Crippen LogP contribution is -2.39. The van der Waals surface area contributed by atoms with Crippen molar-refractivity contribution in [3.63, 3.8) is 0 Å². The molecule has 0 amide bonds. The Morgan fingerprint density at radius 1 is 1.08 bits per heavy atom. The molecule has 2 aromatic carbocycles. The molecule has 0 bridgehead atoms. The summed E-state index contributed by atoms with van der Waals surface area (Å²) in [5.41, 5.74) is 10.2. The molecule has 3 nitrogen and oxygen atoms in total. The molecular weight excluding hydrogens is 338 g/mol. The number of hydrazine groups is 1. The fraction of sp³-hybridized carbons (Fsp3) is 0.211. The zero-order valence-electron chi connectivity index (χ0n) is 14.1. The van der Waals surface area contributed by atoms with Crippen LogP contribution in [0.25, 0.3) is 5.70 Å². The van der Waals surface area contributed by atoms with E-state index in [-0.39, 0.29) is 0 Å². The molecule has 0 saturated carbocycles. The van der Waals surface area contributed by atoms with Gasteiger partial charge in [-0.1, -0.05) is 55.8 Å². The fourth-order valence-corrected chi connectivity index (χ4v) is 2.56. The van der Waals surface area contributed by atoms with Gasteiger partial charge >= 0.3 is 0 Å². The second-order valence-electron chi connectivity index (χ2n) is 5.69. The van der Waals surface area contributed by atoms with Gasteiger partial charge in [0.15, 0.2) is 5.11 Å². The second kappa shape index (κ2) is 8.71. The zero-order valence-corrected chi connectivity index (χ0v) is 15.6. The number of benzene rings is 2. The molecule has 0 unspecified atom stereocenters. The summed E-state index contributed by atoms with van der Waals surface area (Å²) in [5.74, 6) is 0.515. The molecule has 0 heterocycles. The quantitative estimate of drug-likeness (QED) is 0.499. The third-order valence-corrected chi connectivity index (χ3v) is 4.01. The predicted octanol–water partition coefficient (Wildman–Crippen LogP) is 5.32. The molecule has 24 heavy (non-hydrogen) atoms. The Hall–Kier alpha value is -2.04. The number of halogens is 1. The molecule has 0 radical (unpaired) electrons. The highest BCUT2D eigenvalue weighted by Gasteiger charge is 2.03. The average Bonchev–Trinajstić information content (AvgIpc) is 2.56. The summed E-state index contributed by atoms with van der Waals surface area (Å²) in [4.78, 5) is 0. The van der Waals surface area contributed by atoms with Crippen LogP contribution in [0.15, 0.2) is 54.6 Å². The number of thiocarbonyl (C=S) groups is 1. The van der Waals surface area contributed by atoms with E-state index in [2.05, 4.69) is 42.1 Å². The smallest absolute Gasteiger partial charge is 0.189 e. The first-order valence-electron chi connectivity index (χ1n) is 7.85. The van der Waals surface area contributed by atoms with Gasteiger partial charge in [-0.15, -0.1) is 0 Å². The molecule has 0 aliphatic carbocycles. The maximum absolute atomic E-state index is 6.04. The van der Waals surface area contributed by atoms with Gasteiger partial charge in [0.1, 0.15) is 0 Å². The maximum Gasteiger partial charge on any atom is 0.189 e. The number of allylic oxidation sites excluding steroid dienone is 1. The van der Waals surface area contributed by atoms with E-state index in [1.54, 1.807) is 0 Å². The van der Waals surface area contributed by atoms with Crippen LogP contribution in [-0.2, 0) is 0 Å². The molecular formula is C19H22ClN3S. The van der Waals surface area contributed by atoms with Crippen LogP contribution < -0.4 is 16.2 Å². The summed E-state index contributed by atoms with van der Waals surface area (Å²) in [5, 5.41) is 4.34. The number of hydrogen-bond acceptors (Lipinski definition) is 2. The highest BCUT2D eigenvalue weighted by molar-refractivity contribution is 7.80. The van der Waals surface area contributed by atoms with Gasteiger partial charge in [-0.25, -0.2) is 0 Å². The summed E-state index contributed by atoms with van der Waals surface area (Å²) >= 11 is 11.4. The van der Waals surface area contributed by atoms with Gasteiger partial charge in [0.2, 0.25) is 0 Å². The number of anilines is 1. The Labute approximate surface area is 154 Å². The Morgan fingerprint density at radius 2 is 1.79 bits per heavy atom. The van der Waals surface area contributed by atoms with Gasteiger partial charge in [0.25, 0.3) is 0 Å². The summed E-state index contributed by atoms with van der Waals surface area (Å²) in [6.07, 6.45) is 1.96. The van der Waals surface area contributed by atoms with Crippen LogP contribution in [0.5, 0.6) is 0 Å². The minimum absolute atomic E-state index is 0.494. The van der Waals surface area contributed by atoms with E-state index in [1.165, 1.54) is 5.56 Å². The third kappa shape index (κ3) is 5.25. The van der Waals surface area contributed by atoms with Crippen LogP contribution in [0, 0.1) is 0 Å². The van der Waals surface area contributed by atoms with Crippen LogP contribution in [0.1, 0.15) is 37.8 Å². The minimum atomic E-state index is 0.494. The van der Waals surface area contributed by atoms with Crippen molar-refractivity contribution in [1.82, 2.24) is 10.9 Å². The van der Waals surface area contributed by atoms with Gasteiger partial charge in [0.05, 0.1) is 5.70 Å². The number of nitrogens with one attached hydrogen (secondary N) is 3. The SMILES string of the molecule is C/C=C(/NNC(=S)Nc1ccc(C(C)C)cc1)c1cccc(Cl)c1. The van der Waals surface area contributed by atoms with Gasteiger partial charge in [-0.2, -0.15) is 0 Å². The highest BCUT2D eigenvalue weighted by atomic mass is 35.5. The number of hydrogen-bond donors (Lipinski definition) is 3. The van der Waals surface area contributed by atoms with E-state index in [4.69, 9.17) is 23.8 Å². The Morgan fingerprint density at radius 3 is 2.38 bits per heavy atom. The summed E-state index contributed by atoms with van der Waals surface area (Å²) in [7, 11) is 0. The van der Waals surface area contributed by atoms with E-state index in [0.29, 0.717) is 16.1 Å². The first-order chi connectivity index (χ1) is 11.5. The molecule has 5 heteroatoms. The van der Waals surface area contributed by atoms with Crippen molar-refractivity contribution >= 4 is 40.3 Å². The van der Waals surface area contributed by atoms with Crippen molar-refractivity contribution in [3.8, 4) is 0 Å². The molecule has 2 rings (SSSR count). The second-order valence-corrected chi connectivity index (χ2v) is 6.54. The van der Waals surface area contributed by atoms with E-state index in [1.807, 2.05) is 49.4 Å². The highest BCUT2D eigenvalue weighted by Crippen LogP contribution is 2.18. The summed E-state index contributed by atoms with van der Waals surface area (Å²) in [6.45, 7) is 6.30. The van der Waals surface area contributed by atoms with Gasteiger partial charge in [-0.3, -0.25) is 10.9 Å². The van der Waals surface area contributed by atoms with Crippen LogP contribution >= 0.6 is 23.8 Å². The van der Waals surface area contributed by atoms with Gasteiger partial charge in [0, 0.05) is 16.3 Å². The molecule has 0 atom stereocenters. The molecule has 0 saturated heterocycles. The average molecular weight is 360 g/mol. The molecule has 3 N–H and O–H groups in total. The summed E-state index contributed by atoms with van der Waals surface area (Å²) in [6, 6.07) is 15.9. The zero-order chi connectivity index (χ0) is 17.5. The van der Waals surface area contributed by atoms with Crippen molar-refractivity contribution in [2.24, 2.45) is 0 Å². The van der Waals surface area contributed by atoms with Crippen molar-refractivity contribution in [1.29, 1.82) is 0 Å². The van der Waals surface area contributed by atoms with Crippen molar-refractivity contribution in [2.45, 2.75) is 26.7 Å². The van der Waals surface area contributed by atoms with Crippen LogP contribution in [0.3, 0.4) is 0 Å². The standard InChI is InChI=1S/C19H22ClN3S/c1-4-18(15-6-5-7-16(20)12-15)22-23-19(24)21-17-10-8-14(9-11-17)13(2)3/h4-13,22H,1-3H3,(H2,21,23,24)/b18-4+. The van der Waals surface area contributed by atoms with Crippen molar-refractivity contribution in [3.05, 3.63) is 70.8 Å². The largest absolute Gasteiger partial charge is 0.331 e. The van der Waals surface area contributed by atoms with Crippen LogP contribution in [0.2, 0.25) is 5.02 Å². The molecule has 0 fully saturated rings. The van der Waals surface area contributed by atoms with E-state index in [9.17, 15) is 0 Å². The van der Waals surface area contributed by atoms with Gasteiger partial charge in [-0.05, 0) is 54.9 Å². The Bertz CT molecular complexity index is 724.